The van der Waals surface area contributed by atoms with Gasteiger partial charge in [-0.2, -0.15) is 0 Å². The molecule has 0 unspecified atom stereocenters. The fourth-order valence-electron chi connectivity index (χ4n) is 2.18. The fourth-order valence-corrected chi connectivity index (χ4v) is 2.18. The molecule has 0 atom stereocenters. The van der Waals surface area contributed by atoms with E-state index < -0.39 is 11.9 Å². The van der Waals surface area contributed by atoms with E-state index in [1.165, 1.54) is 25.3 Å². The number of aromatic carboxylic acids is 1. The molecule has 0 saturated heterocycles. The van der Waals surface area contributed by atoms with E-state index in [1.807, 2.05) is 6.92 Å². The van der Waals surface area contributed by atoms with Crippen LogP contribution in [0.25, 0.3) is 6.08 Å². The molecular formula is C19H19NO6. The molecule has 0 saturated carbocycles. The van der Waals surface area contributed by atoms with E-state index in [2.05, 4.69) is 5.32 Å². The van der Waals surface area contributed by atoms with Crippen LogP contribution in [0.5, 0.6) is 17.2 Å². The summed E-state index contributed by atoms with van der Waals surface area (Å²) in [5.41, 5.74) is 0.775. The van der Waals surface area contributed by atoms with Crippen molar-refractivity contribution in [2.24, 2.45) is 0 Å². The molecule has 0 aliphatic heterocycles. The topological polar surface area (TPSA) is 105 Å². The predicted molar refractivity (Wildman–Crippen MR) is 96.9 cm³/mol. The maximum atomic E-state index is 12.0. The summed E-state index contributed by atoms with van der Waals surface area (Å²) in [4.78, 5) is 22.8. The maximum Gasteiger partial charge on any atom is 0.335 e. The van der Waals surface area contributed by atoms with Gasteiger partial charge in [0.05, 0.1) is 25.0 Å². The van der Waals surface area contributed by atoms with Crippen molar-refractivity contribution in [1.29, 1.82) is 0 Å². The van der Waals surface area contributed by atoms with Gasteiger partial charge in [-0.25, -0.2) is 4.79 Å². The van der Waals surface area contributed by atoms with Crippen molar-refractivity contribution in [3.05, 3.63) is 53.6 Å². The van der Waals surface area contributed by atoms with E-state index in [1.54, 1.807) is 24.3 Å². The molecule has 3 N–H and O–H groups in total. The van der Waals surface area contributed by atoms with Crippen LogP contribution in [0.4, 0.5) is 5.69 Å². The highest BCUT2D eigenvalue weighted by Crippen LogP contribution is 2.28. The Labute approximate surface area is 150 Å². The first-order valence-corrected chi connectivity index (χ1v) is 7.80. The number of carbonyl (C=O) groups excluding carboxylic acids is 1. The van der Waals surface area contributed by atoms with Crippen molar-refractivity contribution in [2.75, 3.05) is 19.0 Å². The van der Waals surface area contributed by atoms with Gasteiger partial charge in [0.1, 0.15) is 5.75 Å². The van der Waals surface area contributed by atoms with Gasteiger partial charge in [-0.3, -0.25) is 4.79 Å². The Bertz CT molecular complexity index is 844. The number of hydrogen-bond donors (Lipinski definition) is 3. The van der Waals surface area contributed by atoms with Crippen molar-refractivity contribution in [1.82, 2.24) is 0 Å². The smallest absolute Gasteiger partial charge is 0.335 e. The highest BCUT2D eigenvalue weighted by atomic mass is 16.5. The highest BCUT2D eigenvalue weighted by molar-refractivity contribution is 6.03. The lowest BCUT2D eigenvalue weighted by molar-refractivity contribution is -0.111. The zero-order valence-corrected chi connectivity index (χ0v) is 14.4. The van der Waals surface area contributed by atoms with Crippen molar-refractivity contribution in [3.63, 3.8) is 0 Å². The molecule has 0 aliphatic carbocycles. The van der Waals surface area contributed by atoms with Crippen LogP contribution in [0, 0.1) is 0 Å². The van der Waals surface area contributed by atoms with Crippen LogP contribution in [0.3, 0.4) is 0 Å². The molecule has 0 bridgehead atoms. The largest absolute Gasteiger partial charge is 0.506 e. The molecule has 0 spiro atoms. The van der Waals surface area contributed by atoms with Gasteiger partial charge in [0.2, 0.25) is 5.91 Å². The molecule has 7 nitrogen and oxygen atoms in total. The van der Waals surface area contributed by atoms with Crippen molar-refractivity contribution in [2.45, 2.75) is 6.92 Å². The number of ether oxygens (including phenoxy) is 2. The maximum absolute atomic E-state index is 12.0. The molecule has 7 heteroatoms. The zero-order chi connectivity index (χ0) is 19.1. The normalized spacial score (nSPS) is 10.5. The number of phenols is 1. The number of benzene rings is 2. The molecule has 0 heterocycles. The molecule has 2 aromatic rings. The Balaban J connectivity index is 2.09. The van der Waals surface area contributed by atoms with Gasteiger partial charge in [-0.1, -0.05) is 6.07 Å². The minimum Gasteiger partial charge on any atom is -0.506 e. The van der Waals surface area contributed by atoms with Gasteiger partial charge in [-0.05, 0) is 48.9 Å². The lowest BCUT2D eigenvalue weighted by Gasteiger charge is -2.09. The van der Waals surface area contributed by atoms with Gasteiger partial charge in [0, 0.05) is 6.08 Å². The average Bonchev–Trinajstić information content (AvgIpc) is 2.62. The average molecular weight is 357 g/mol. The summed E-state index contributed by atoms with van der Waals surface area (Å²) >= 11 is 0. The predicted octanol–water partition coefficient (Wildman–Crippen LogP) is 3.15. The molecule has 0 aromatic heterocycles. The molecule has 1 amide bonds. The number of hydrogen-bond acceptors (Lipinski definition) is 5. The zero-order valence-electron chi connectivity index (χ0n) is 14.4. The monoisotopic (exact) mass is 357 g/mol. The minimum atomic E-state index is -1.16. The van der Waals surface area contributed by atoms with Gasteiger partial charge in [0.25, 0.3) is 0 Å². The fraction of sp³-hybridized carbons (Fsp3) is 0.158. The van der Waals surface area contributed by atoms with Gasteiger partial charge in [0.15, 0.2) is 11.5 Å². The Kier molecular flexibility index (Phi) is 6.21. The molecule has 0 fully saturated rings. The van der Waals surface area contributed by atoms with E-state index in [9.17, 15) is 14.7 Å². The minimum absolute atomic E-state index is 0.0717. The standard InChI is InChI=1S/C19H19NO6/c1-3-26-16-8-4-12(10-17(16)25-2)5-9-18(22)20-14-7-6-13(19(23)24)11-15(14)21/h4-11,21H,3H2,1-2H3,(H,20,22)(H,23,24)/b9-5+. The molecule has 2 aromatic carbocycles. The Hall–Kier alpha value is -3.48. The quantitative estimate of drug-likeness (QED) is 0.519. The summed E-state index contributed by atoms with van der Waals surface area (Å²) < 4.78 is 10.7. The first kappa shape index (κ1) is 18.9. The molecule has 0 aliphatic rings. The van der Waals surface area contributed by atoms with E-state index in [0.29, 0.717) is 18.1 Å². The Morgan fingerprint density at radius 1 is 1.15 bits per heavy atom. The molecule has 26 heavy (non-hydrogen) atoms. The number of carbonyl (C=O) groups is 2. The molecule has 0 radical (unpaired) electrons. The van der Waals surface area contributed by atoms with Crippen molar-refractivity contribution < 1.29 is 29.3 Å². The van der Waals surface area contributed by atoms with Crippen molar-refractivity contribution in [3.8, 4) is 17.2 Å². The van der Waals surface area contributed by atoms with Crippen LogP contribution in [-0.4, -0.2) is 35.8 Å². The third-order valence-electron chi connectivity index (χ3n) is 3.42. The summed E-state index contributed by atoms with van der Waals surface area (Å²) in [6.45, 7) is 2.38. The van der Waals surface area contributed by atoms with Crippen LogP contribution in [0.15, 0.2) is 42.5 Å². The van der Waals surface area contributed by atoms with Gasteiger partial charge < -0.3 is 25.0 Å². The highest BCUT2D eigenvalue weighted by Gasteiger charge is 2.09. The summed E-state index contributed by atoms with van der Waals surface area (Å²) in [6.07, 6.45) is 2.87. The van der Waals surface area contributed by atoms with E-state index >= 15 is 0 Å². The number of amides is 1. The third-order valence-corrected chi connectivity index (χ3v) is 3.42. The second kappa shape index (κ2) is 8.57. The lowest BCUT2D eigenvalue weighted by atomic mass is 10.1. The Morgan fingerprint density at radius 2 is 1.92 bits per heavy atom. The number of nitrogens with one attached hydrogen (secondary N) is 1. The number of methoxy groups -OCH3 is 1. The van der Waals surface area contributed by atoms with E-state index in [4.69, 9.17) is 14.6 Å². The van der Waals surface area contributed by atoms with E-state index in [-0.39, 0.29) is 17.0 Å². The van der Waals surface area contributed by atoms with Crippen LogP contribution < -0.4 is 14.8 Å². The number of carboxylic acids is 1. The lowest BCUT2D eigenvalue weighted by Crippen LogP contribution is -2.08. The molecular weight excluding hydrogens is 338 g/mol. The first-order valence-electron chi connectivity index (χ1n) is 7.80. The number of aromatic hydroxyl groups is 1. The molecule has 136 valence electrons. The third kappa shape index (κ3) is 4.76. The van der Waals surface area contributed by atoms with Crippen LogP contribution in [-0.2, 0) is 4.79 Å². The Morgan fingerprint density at radius 3 is 2.54 bits per heavy atom. The summed E-state index contributed by atoms with van der Waals surface area (Å²) in [6, 6.07) is 8.93. The van der Waals surface area contributed by atoms with E-state index in [0.717, 1.165) is 11.6 Å². The summed E-state index contributed by atoms with van der Waals surface area (Å²) in [5, 5.41) is 21.1. The SMILES string of the molecule is CCOc1ccc(/C=C/C(=O)Nc2ccc(C(=O)O)cc2O)cc1OC. The molecule has 2 rings (SSSR count). The van der Waals surface area contributed by atoms with Crippen LogP contribution in [0.2, 0.25) is 0 Å². The number of phenolic OH excluding ortho intramolecular Hbond substituents is 1. The van der Waals surface area contributed by atoms with Crippen LogP contribution in [0.1, 0.15) is 22.8 Å². The van der Waals surface area contributed by atoms with Crippen LogP contribution >= 0.6 is 0 Å². The second-order valence-electron chi connectivity index (χ2n) is 5.20. The second-order valence-corrected chi connectivity index (χ2v) is 5.20. The summed E-state index contributed by atoms with van der Waals surface area (Å²) in [7, 11) is 1.53. The number of carboxylic acid groups (broad SMARTS) is 1. The number of anilines is 1. The van der Waals surface area contributed by atoms with Gasteiger partial charge >= 0.3 is 5.97 Å². The van der Waals surface area contributed by atoms with Crippen molar-refractivity contribution >= 4 is 23.6 Å². The summed E-state index contributed by atoms with van der Waals surface area (Å²) in [5.74, 6) is -0.801. The number of rotatable bonds is 7. The van der Waals surface area contributed by atoms with Gasteiger partial charge in [-0.15, -0.1) is 0 Å². The first-order chi connectivity index (χ1) is 12.4.